The smallest absolute Gasteiger partial charge is 0.0713 e. The van der Waals surface area contributed by atoms with E-state index in [0.29, 0.717) is 0 Å². The van der Waals surface area contributed by atoms with Crippen LogP contribution in [-0.4, -0.2) is 4.57 Å². The number of aromatic nitrogens is 1. The van der Waals surface area contributed by atoms with E-state index in [1.807, 2.05) is 0 Å². The van der Waals surface area contributed by atoms with E-state index in [1.165, 1.54) is 77.4 Å². The largest absolute Gasteiger partial charge is 0.311 e. The monoisotopic (exact) mass is 802 g/mol. The number of rotatable bonds is 8. The molecule has 1 aromatic heterocycles. The average Bonchev–Trinajstić information content (AvgIpc) is 3.86. The molecule has 0 bridgehead atoms. The zero-order chi connectivity index (χ0) is 41.7. The number of nitrogens with zero attached hydrogens (tertiary/aromatic N) is 2. The molecule has 296 valence electrons. The molecule has 0 saturated heterocycles. The maximum absolute atomic E-state index is 2.48. The fourth-order valence-electron chi connectivity index (χ4n) is 10.3. The van der Waals surface area contributed by atoms with Gasteiger partial charge in [-0.15, -0.1) is 0 Å². The van der Waals surface area contributed by atoms with E-state index in [0.717, 1.165) is 22.7 Å². The summed E-state index contributed by atoms with van der Waals surface area (Å²) in [5, 5.41) is 2.46. The van der Waals surface area contributed by atoms with Gasteiger partial charge in [0.1, 0.15) is 0 Å². The maximum atomic E-state index is 2.48. The molecule has 0 fully saturated rings. The average molecular weight is 803 g/mol. The molecule has 10 aromatic carbocycles. The van der Waals surface area contributed by atoms with Crippen LogP contribution in [-0.2, 0) is 5.41 Å². The predicted molar refractivity (Wildman–Crippen MR) is 264 cm³/mol. The molecule has 63 heavy (non-hydrogen) atoms. The van der Waals surface area contributed by atoms with Gasteiger partial charge in [0.25, 0.3) is 0 Å². The molecule has 11 aromatic rings. The molecular weight excluding hydrogens is 761 g/mol. The van der Waals surface area contributed by atoms with Gasteiger partial charge in [-0.25, -0.2) is 0 Å². The van der Waals surface area contributed by atoms with Gasteiger partial charge >= 0.3 is 0 Å². The van der Waals surface area contributed by atoms with Crippen LogP contribution < -0.4 is 4.90 Å². The van der Waals surface area contributed by atoms with E-state index in [4.69, 9.17) is 0 Å². The molecule has 0 saturated carbocycles. The van der Waals surface area contributed by atoms with Crippen LogP contribution in [0.4, 0.5) is 17.1 Å². The van der Waals surface area contributed by atoms with Crippen LogP contribution in [0.2, 0.25) is 0 Å². The van der Waals surface area contributed by atoms with Gasteiger partial charge in [0.2, 0.25) is 0 Å². The van der Waals surface area contributed by atoms with E-state index < -0.39 is 5.41 Å². The zero-order valence-electron chi connectivity index (χ0n) is 34.6. The van der Waals surface area contributed by atoms with Crippen molar-refractivity contribution in [2.45, 2.75) is 5.41 Å². The highest BCUT2D eigenvalue weighted by atomic mass is 15.1. The predicted octanol–water partition coefficient (Wildman–Crippen LogP) is 16.0. The molecule has 0 spiro atoms. The lowest BCUT2D eigenvalue weighted by Gasteiger charge is -2.34. The Morgan fingerprint density at radius 1 is 0.302 bits per heavy atom. The summed E-state index contributed by atoms with van der Waals surface area (Å²) < 4.78 is 2.42. The van der Waals surface area contributed by atoms with E-state index in [-0.39, 0.29) is 0 Å². The standard InChI is InChI=1S/C61H42N2/c1-5-17-43(18-6-1)44-29-35-51(36-30-44)62(49-21-9-3-10-22-49)52-37-31-45(32-38-52)46-33-39-59-55(41-46)56-42-48(34-40-60(56)63(59)50-23-11-4-12-24-50)61(47-19-7-2-8-20-47)57-27-15-13-25-53(57)54-26-14-16-28-58(54)61/h1-42H. The lowest BCUT2D eigenvalue weighted by Crippen LogP contribution is -2.28. The normalized spacial score (nSPS) is 12.6. The Morgan fingerprint density at radius 3 is 1.33 bits per heavy atom. The summed E-state index contributed by atoms with van der Waals surface area (Å²) in [4.78, 5) is 2.33. The van der Waals surface area contributed by atoms with E-state index in [1.54, 1.807) is 0 Å². The Kier molecular flexibility index (Phi) is 8.76. The Labute approximate surface area is 368 Å². The number of benzene rings is 10. The van der Waals surface area contributed by atoms with Crippen LogP contribution in [0.25, 0.3) is 60.9 Å². The second-order valence-electron chi connectivity index (χ2n) is 16.5. The van der Waals surface area contributed by atoms with Crippen molar-refractivity contribution in [3.05, 3.63) is 277 Å². The molecule has 1 heterocycles. The first-order chi connectivity index (χ1) is 31.3. The Hall–Kier alpha value is -8.20. The minimum atomic E-state index is -0.482. The van der Waals surface area contributed by atoms with Gasteiger partial charge in [-0.1, -0.05) is 182 Å². The first-order valence-corrected chi connectivity index (χ1v) is 21.8. The van der Waals surface area contributed by atoms with Crippen molar-refractivity contribution in [1.29, 1.82) is 0 Å². The van der Waals surface area contributed by atoms with Crippen molar-refractivity contribution < 1.29 is 0 Å². The number of para-hydroxylation sites is 2. The first-order valence-electron chi connectivity index (χ1n) is 21.8. The highest BCUT2D eigenvalue weighted by Gasteiger charge is 2.46. The number of fused-ring (bicyclic) bond motifs is 6. The van der Waals surface area contributed by atoms with E-state index in [2.05, 4.69) is 264 Å². The van der Waals surface area contributed by atoms with Crippen LogP contribution in [0.3, 0.4) is 0 Å². The molecule has 0 N–H and O–H groups in total. The van der Waals surface area contributed by atoms with Crippen molar-refractivity contribution >= 4 is 38.9 Å². The van der Waals surface area contributed by atoms with Gasteiger partial charge in [0.05, 0.1) is 16.4 Å². The van der Waals surface area contributed by atoms with Crippen molar-refractivity contribution in [3.63, 3.8) is 0 Å². The van der Waals surface area contributed by atoms with Gasteiger partial charge in [-0.05, 0) is 128 Å². The first kappa shape index (κ1) is 36.6. The van der Waals surface area contributed by atoms with E-state index in [9.17, 15) is 0 Å². The number of hydrogen-bond acceptors (Lipinski definition) is 1. The fraction of sp³-hybridized carbons (Fsp3) is 0.0164. The summed E-state index contributed by atoms with van der Waals surface area (Å²) >= 11 is 0. The number of hydrogen-bond donors (Lipinski definition) is 0. The topological polar surface area (TPSA) is 8.17 Å². The van der Waals surface area contributed by atoms with Gasteiger partial charge in [0.15, 0.2) is 0 Å². The third-order valence-electron chi connectivity index (χ3n) is 13.1. The highest BCUT2D eigenvalue weighted by Crippen LogP contribution is 2.56. The minimum absolute atomic E-state index is 0.482. The van der Waals surface area contributed by atoms with Gasteiger partial charge in [-0.3, -0.25) is 0 Å². The second kappa shape index (κ2) is 15.1. The maximum Gasteiger partial charge on any atom is 0.0713 e. The van der Waals surface area contributed by atoms with Crippen LogP contribution in [0.1, 0.15) is 22.3 Å². The molecular formula is C61H42N2. The van der Waals surface area contributed by atoms with Crippen molar-refractivity contribution in [3.8, 4) is 39.1 Å². The molecule has 0 amide bonds. The minimum Gasteiger partial charge on any atom is -0.311 e. The van der Waals surface area contributed by atoms with Crippen LogP contribution in [0.5, 0.6) is 0 Å². The van der Waals surface area contributed by atoms with Crippen LogP contribution >= 0.6 is 0 Å². The summed E-state index contributed by atoms with van der Waals surface area (Å²) in [6, 6.07) is 93.1. The molecule has 1 aliphatic rings. The quantitative estimate of drug-likeness (QED) is 0.149. The fourth-order valence-corrected chi connectivity index (χ4v) is 10.3. The van der Waals surface area contributed by atoms with Crippen molar-refractivity contribution in [2.75, 3.05) is 4.90 Å². The second-order valence-corrected chi connectivity index (χ2v) is 16.5. The molecule has 0 atom stereocenters. The molecule has 2 nitrogen and oxygen atoms in total. The summed E-state index contributed by atoms with van der Waals surface area (Å²) in [5.41, 5.74) is 18.9. The molecule has 1 aliphatic carbocycles. The highest BCUT2D eigenvalue weighted by molar-refractivity contribution is 6.11. The Bertz CT molecular complexity index is 3360. The third kappa shape index (κ3) is 5.95. The lowest BCUT2D eigenvalue weighted by atomic mass is 9.67. The number of anilines is 3. The molecule has 0 unspecified atom stereocenters. The molecule has 12 rings (SSSR count). The van der Waals surface area contributed by atoms with Crippen LogP contribution in [0, 0.1) is 0 Å². The summed E-state index contributed by atoms with van der Waals surface area (Å²) in [5.74, 6) is 0. The lowest BCUT2D eigenvalue weighted by molar-refractivity contribution is 0.770. The van der Waals surface area contributed by atoms with Crippen molar-refractivity contribution in [2.24, 2.45) is 0 Å². The molecule has 0 radical (unpaired) electrons. The van der Waals surface area contributed by atoms with Gasteiger partial charge in [-0.2, -0.15) is 0 Å². The summed E-state index contributed by atoms with van der Waals surface area (Å²) in [6.07, 6.45) is 0. The van der Waals surface area contributed by atoms with Crippen molar-refractivity contribution in [1.82, 2.24) is 4.57 Å². The molecule has 0 aliphatic heterocycles. The van der Waals surface area contributed by atoms with Gasteiger partial charge < -0.3 is 9.47 Å². The zero-order valence-corrected chi connectivity index (χ0v) is 34.6. The van der Waals surface area contributed by atoms with Crippen LogP contribution in [0.15, 0.2) is 255 Å². The SMILES string of the molecule is c1ccc(-c2ccc(N(c3ccccc3)c3ccc(-c4ccc5c(c4)c4cc(C6(c7ccccc7)c7ccccc7-c7ccccc76)ccc4n5-c4ccccc4)cc3)cc2)cc1. The van der Waals surface area contributed by atoms with E-state index >= 15 is 0 Å². The Balaban J connectivity index is 1.01. The Morgan fingerprint density at radius 2 is 0.730 bits per heavy atom. The molecule has 2 heteroatoms. The third-order valence-corrected chi connectivity index (χ3v) is 13.1. The summed E-state index contributed by atoms with van der Waals surface area (Å²) in [6.45, 7) is 0. The van der Waals surface area contributed by atoms with Gasteiger partial charge in [0, 0.05) is 33.5 Å². The summed E-state index contributed by atoms with van der Waals surface area (Å²) in [7, 11) is 0.